The van der Waals surface area contributed by atoms with Crippen molar-refractivity contribution in [2.45, 2.75) is 0 Å². The van der Waals surface area contributed by atoms with Crippen molar-refractivity contribution in [3.05, 3.63) is 10.1 Å². The summed E-state index contributed by atoms with van der Waals surface area (Å²) in [5, 5.41) is 13.6. The van der Waals surface area contributed by atoms with E-state index in [4.69, 9.17) is 15.3 Å². The number of hydrogen-bond donors (Lipinski definition) is 1. The maximum absolute atomic E-state index is 8.36. The van der Waals surface area contributed by atoms with Crippen LogP contribution in [0.5, 0.6) is 0 Å². The van der Waals surface area contributed by atoms with Crippen LogP contribution in [-0.4, -0.2) is 10.3 Å². The Labute approximate surface area is 57.1 Å². The molecule has 4 nitrogen and oxygen atoms in total. The Hall–Kier alpha value is 0.434. The average molecular weight is 238 g/mol. The Morgan fingerprint density at radius 3 is 1.80 bits per heavy atom. The van der Waals surface area contributed by atoms with Crippen LogP contribution >= 0.6 is 0 Å². The van der Waals surface area contributed by atoms with Gasteiger partial charge < -0.3 is 5.21 Å². The van der Waals surface area contributed by atoms with E-state index in [1.54, 1.807) is 0 Å². The van der Waals surface area contributed by atoms with Gasteiger partial charge in [-0.05, 0) is 0 Å². The second kappa shape index (κ2) is 4.43. The third-order valence-electron chi connectivity index (χ3n) is 0. The summed E-state index contributed by atoms with van der Waals surface area (Å²) in [7, 11) is 0. The van der Waals surface area contributed by atoms with Crippen LogP contribution in [0.2, 0.25) is 0 Å². The zero-order valence-corrected chi connectivity index (χ0v) is 3.63. The molecule has 0 rings (SSSR count). The van der Waals surface area contributed by atoms with E-state index in [-0.39, 0.29) is 36.9 Å². The molecule has 1 N–H and O–H groups in total. The van der Waals surface area contributed by atoms with Crippen molar-refractivity contribution in [3.63, 3.8) is 0 Å². The Morgan fingerprint density at radius 1 is 1.80 bits per heavy atom. The molecule has 0 fully saturated rings. The van der Waals surface area contributed by atoms with Crippen molar-refractivity contribution in [1.29, 1.82) is 0 Å². The molecule has 1 radical (unpaired) electrons. The van der Waals surface area contributed by atoms with E-state index in [1.807, 2.05) is 0 Å². The van der Waals surface area contributed by atoms with Gasteiger partial charge in [-0.2, -0.15) is 0 Å². The summed E-state index contributed by atoms with van der Waals surface area (Å²) in [6, 6.07) is 0. The first-order valence-corrected chi connectivity index (χ1v) is 0.565. The van der Waals surface area contributed by atoms with Crippen LogP contribution in [-0.2, 0) is 0 Å². The number of nitrogens with zero attached hydrogens (tertiary/aromatic N) is 1. The molecular weight excluding hydrogens is 237 g/mol. The summed E-state index contributed by atoms with van der Waals surface area (Å²) in [5.74, 6) is 0. The molecule has 0 aliphatic rings. The van der Waals surface area contributed by atoms with Crippen LogP contribution in [0.1, 0.15) is 0 Å². The summed E-state index contributed by atoms with van der Waals surface area (Å²) in [6.07, 6.45) is 0. The molecule has 0 heterocycles. The van der Waals surface area contributed by atoms with Gasteiger partial charge in [0, 0.05) is 36.9 Å². The molecule has 0 aromatic carbocycles. The Morgan fingerprint density at radius 2 is 1.80 bits per heavy atom. The van der Waals surface area contributed by atoms with Gasteiger partial charge in [0.05, 0.1) is 0 Å². The smallest absolute Gasteiger partial charge is 0.291 e. The van der Waals surface area contributed by atoms with Gasteiger partial charge in [0.1, 0.15) is 0 Å². The van der Waals surface area contributed by atoms with Crippen LogP contribution in [0, 0.1) is 47.0 Å². The molecule has 5 heavy (non-hydrogen) atoms. The monoisotopic (exact) mass is 238 g/mol. The fourth-order valence-corrected chi connectivity index (χ4v) is 0. The molecule has 5 heteroatoms. The van der Waals surface area contributed by atoms with E-state index < -0.39 is 5.09 Å². The van der Waals surface area contributed by atoms with Gasteiger partial charge in [0.2, 0.25) is 0 Å². The molecule has 0 saturated carbocycles. The zero-order valence-electron chi connectivity index (χ0n) is 1.97. The van der Waals surface area contributed by atoms with E-state index in [2.05, 4.69) is 0 Å². The summed E-state index contributed by atoms with van der Waals surface area (Å²) in [4.78, 5) is 8.36. The fourth-order valence-electron chi connectivity index (χ4n) is 0. The van der Waals surface area contributed by atoms with Crippen molar-refractivity contribution in [2.75, 3.05) is 0 Å². The predicted octanol–water partition coefficient (Wildman–Crippen LogP) is -0.348. The molecule has 0 amide bonds. The maximum atomic E-state index is 8.36. The van der Waals surface area contributed by atoms with Gasteiger partial charge in [-0.1, -0.05) is 0 Å². The largest absolute Gasteiger partial charge is 0.328 e. The minimum atomic E-state index is -1.50. The van der Waals surface area contributed by atoms with E-state index in [0.717, 1.165) is 0 Å². The molecule has 0 aromatic rings. The standard InChI is InChI=1S/Lu.HNO3/c;2-1(3)4/h;(H,2,3,4). The van der Waals surface area contributed by atoms with Crippen molar-refractivity contribution < 1.29 is 47.2 Å². The van der Waals surface area contributed by atoms with Gasteiger partial charge in [0.25, 0.3) is 5.09 Å². The van der Waals surface area contributed by atoms with Crippen LogP contribution in [0.25, 0.3) is 0 Å². The Balaban J connectivity index is 0. The summed E-state index contributed by atoms with van der Waals surface area (Å²) in [6.45, 7) is 0. The Kier molecular flexibility index (Phi) is 8.03. The summed E-state index contributed by atoms with van der Waals surface area (Å²) < 4.78 is 0. The van der Waals surface area contributed by atoms with Crippen molar-refractivity contribution >= 4 is 0 Å². The van der Waals surface area contributed by atoms with Crippen LogP contribution in [0.3, 0.4) is 0 Å². The van der Waals surface area contributed by atoms with Crippen LogP contribution < -0.4 is 0 Å². The van der Waals surface area contributed by atoms with E-state index in [9.17, 15) is 0 Å². The zero-order chi connectivity index (χ0) is 3.58. The second-order valence-electron chi connectivity index (χ2n) is 0.238. The van der Waals surface area contributed by atoms with Crippen molar-refractivity contribution in [2.24, 2.45) is 0 Å². The molecule has 39 valence electrons. The molecule has 0 aliphatic heterocycles. The van der Waals surface area contributed by atoms with E-state index in [1.165, 1.54) is 0 Å². The first-order valence-electron chi connectivity index (χ1n) is 0.565. The molecular formula is HLuNO3. The average Bonchev–Trinajstić information content (AvgIpc) is 0.811. The third-order valence-corrected chi connectivity index (χ3v) is 0. The topological polar surface area (TPSA) is 63.4 Å². The molecule has 0 aromatic heterocycles. The van der Waals surface area contributed by atoms with Gasteiger partial charge in [-0.15, -0.1) is 10.1 Å². The molecule has 0 atom stereocenters. The minimum absolute atomic E-state index is 0. The van der Waals surface area contributed by atoms with Crippen molar-refractivity contribution in [3.8, 4) is 0 Å². The molecule has 0 saturated heterocycles. The van der Waals surface area contributed by atoms with Crippen molar-refractivity contribution in [1.82, 2.24) is 0 Å². The normalized spacial score (nSPS) is 4.80. The Bertz CT molecular complexity index is 29.9. The number of rotatable bonds is 0. The van der Waals surface area contributed by atoms with Gasteiger partial charge in [-0.3, -0.25) is 0 Å². The molecule has 0 spiro atoms. The summed E-state index contributed by atoms with van der Waals surface area (Å²) >= 11 is 0. The predicted molar refractivity (Wildman–Crippen MR) is 8.78 cm³/mol. The quantitative estimate of drug-likeness (QED) is 0.463. The van der Waals surface area contributed by atoms with Gasteiger partial charge >= 0.3 is 0 Å². The molecule has 0 aliphatic carbocycles. The fraction of sp³-hybridized carbons (Fsp3) is 0. The third kappa shape index (κ3) is 140. The SMILES string of the molecule is O=[N+]([O-])O.[Lu]. The summed E-state index contributed by atoms with van der Waals surface area (Å²) in [5.41, 5.74) is 0. The van der Waals surface area contributed by atoms with Crippen LogP contribution in [0.15, 0.2) is 0 Å². The second-order valence-corrected chi connectivity index (χ2v) is 0.238. The van der Waals surface area contributed by atoms with E-state index >= 15 is 0 Å². The molecule has 0 bridgehead atoms. The maximum Gasteiger partial charge on any atom is 0.291 e. The van der Waals surface area contributed by atoms with E-state index in [0.29, 0.717) is 0 Å². The first kappa shape index (κ1) is 9.06. The van der Waals surface area contributed by atoms with Crippen LogP contribution in [0.4, 0.5) is 0 Å². The minimum Gasteiger partial charge on any atom is -0.328 e. The molecule has 0 unspecified atom stereocenters. The first-order chi connectivity index (χ1) is 1.73. The van der Waals surface area contributed by atoms with Gasteiger partial charge in [0.15, 0.2) is 0 Å². The number of hydrogen-bond acceptors (Lipinski definition) is 2. The van der Waals surface area contributed by atoms with Gasteiger partial charge in [-0.25, -0.2) is 0 Å².